The van der Waals surface area contributed by atoms with E-state index in [4.69, 9.17) is 15.2 Å². The first-order valence-electron chi connectivity index (χ1n) is 6.55. The maximum atomic E-state index is 14.1. The van der Waals surface area contributed by atoms with Crippen LogP contribution in [-0.2, 0) is 4.74 Å². The lowest BCUT2D eigenvalue weighted by molar-refractivity contribution is -0.0371. The van der Waals surface area contributed by atoms with Crippen molar-refractivity contribution in [3.63, 3.8) is 0 Å². The zero-order chi connectivity index (χ0) is 13.8. The Bertz CT molecular complexity index is 428. The second-order valence-corrected chi connectivity index (χ2v) is 4.76. The van der Waals surface area contributed by atoms with Gasteiger partial charge in [0.05, 0.1) is 19.8 Å². The van der Waals surface area contributed by atoms with E-state index >= 15 is 0 Å². The third-order valence-corrected chi connectivity index (χ3v) is 3.63. The number of nitrogens with zero attached hydrogens (tertiary/aromatic N) is 1. The summed E-state index contributed by atoms with van der Waals surface area (Å²) in [4.78, 5) is 2.18. The van der Waals surface area contributed by atoms with E-state index in [1.54, 1.807) is 19.2 Å². The lowest BCUT2D eigenvalue weighted by Crippen LogP contribution is -2.46. The Morgan fingerprint density at radius 2 is 2.37 bits per heavy atom. The fourth-order valence-electron chi connectivity index (χ4n) is 2.52. The molecule has 19 heavy (non-hydrogen) atoms. The summed E-state index contributed by atoms with van der Waals surface area (Å²) < 4.78 is 24.9. The number of rotatable bonds is 4. The molecule has 2 N–H and O–H groups in total. The van der Waals surface area contributed by atoms with Crippen molar-refractivity contribution in [2.45, 2.75) is 19.1 Å². The number of morpholine rings is 1. The number of hydrogen-bond donors (Lipinski definition) is 1. The molecule has 1 aromatic carbocycles. The first-order valence-corrected chi connectivity index (χ1v) is 6.55. The largest absolute Gasteiger partial charge is 0.496 e. The Balaban J connectivity index is 2.21. The third kappa shape index (κ3) is 3.05. The highest BCUT2D eigenvalue weighted by atomic mass is 19.1. The van der Waals surface area contributed by atoms with Gasteiger partial charge in [0.15, 0.2) is 0 Å². The van der Waals surface area contributed by atoms with Gasteiger partial charge in [-0.1, -0.05) is 6.07 Å². The van der Waals surface area contributed by atoms with Crippen LogP contribution in [-0.4, -0.2) is 44.4 Å². The molecule has 1 saturated heterocycles. The summed E-state index contributed by atoms with van der Waals surface area (Å²) in [6.45, 7) is 4.59. The van der Waals surface area contributed by atoms with Crippen LogP contribution in [0.2, 0.25) is 0 Å². The summed E-state index contributed by atoms with van der Waals surface area (Å²) in [5.41, 5.74) is 6.24. The lowest BCUT2D eigenvalue weighted by atomic mass is 10.0. The second kappa shape index (κ2) is 6.32. The molecule has 2 unspecified atom stereocenters. The Hall–Kier alpha value is -1.17. The zero-order valence-electron chi connectivity index (χ0n) is 11.4. The van der Waals surface area contributed by atoms with Gasteiger partial charge in [-0.05, 0) is 19.1 Å². The van der Waals surface area contributed by atoms with Gasteiger partial charge >= 0.3 is 0 Å². The van der Waals surface area contributed by atoms with Gasteiger partial charge in [0, 0.05) is 31.2 Å². The minimum absolute atomic E-state index is 0.0222. The monoisotopic (exact) mass is 268 g/mol. The maximum absolute atomic E-state index is 14.1. The Morgan fingerprint density at radius 3 is 3.05 bits per heavy atom. The predicted octanol–water partition coefficient (Wildman–Crippen LogP) is 1.55. The van der Waals surface area contributed by atoms with Crippen LogP contribution in [0.25, 0.3) is 0 Å². The molecule has 2 rings (SSSR count). The predicted molar refractivity (Wildman–Crippen MR) is 71.7 cm³/mol. The smallest absolute Gasteiger partial charge is 0.131 e. The lowest BCUT2D eigenvalue weighted by Gasteiger charge is -2.37. The molecule has 4 nitrogen and oxygen atoms in total. The summed E-state index contributed by atoms with van der Waals surface area (Å²) in [6, 6.07) is 4.85. The van der Waals surface area contributed by atoms with Crippen LogP contribution in [0.1, 0.15) is 18.5 Å². The number of methoxy groups -OCH3 is 1. The van der Waals surface area contributed by atoms with Crippen LogP contribution in [0.3, 0.4) is 0 Å². The van der Waals surface area contributed by atoms with Crippen LogP contribution >= 0.6 is 0 Å². The summed E-state index contributed by atoms with van der Waals surface area (Å²) in [5, 5.41) is 0. The van der Waals surface area contributed by atoms with Gasteiger partial charge < -0.3 is 15.2 Å². The molecule has 1 fully saturated rings. The Labute approximate surface area is 113 Å². The van der Waals surface area contributed by atoms with Crippen molar-refractivity contribution in [2.24, 2.45) is 5.73 Å². The molecule has 0 aliphatic carbocycles. The third-order valence-electron chi connectivity index (χ3n) is 3.63. The quantitative estimate of drug-likeness (QED) is 0.900. The molecule has 0 spiro atoms. The molecular weight excluding hydrogens is 247 g/mol. The highest BCUT2D eigenvalue weighted by Gasteiger charge is 2.27. The molecule has 0 aromatic heterocycles. The van der Waals surface area contributed by atoms with E-state index in [1.165, 1.54) is 6.07 Å². The minimum Gasteiger partial charge on any atom is -0.496 e. The average molecular weight is 268 g/mol. The standard InChI is InChI=1S/C14H21FN2O2/c1-10(17-6-7-19-11(8-16)9-17)14-12(15)4-3-5-13(14)18-2/h3-5,10-11H,6-9,16H2,1-2H3. The molecule has 0 amide bonds. The number of ether oxygens (including phenoxy) is 2. The van der Waals surface area contributed by atoms with Crippen LogP contribution in [0.15, 0.2) is 18.2 Å². The van der Waals surface area contributed by atoms with E-state index in [1.807, 2.05) is 6.92 Å². The Kier molecular flexibility index (Phi) is 4.74. The molecule has 106 valence electrons. The van der Waals surface area contributed by atoms with Crippen LogP contribution < -0.4 is 10.5 Å². The van der Waals surface area contributed by atoms with Crippen molar-refractivity contribution < 1.29 is 13.9 Å². The normalized spacial score (nSPS) is 22.2. The van der Waals surface area contributed by atoms with Crippen LogP contribution in [0, 0.1) is 5.82 Å². The number of benzene rings is 1. The van der Waals surface area contributed by atoms with E-state index in [-0.39, 0.29) is 18.0 Å². The molecule has 1 aliphatic heterocycles. The van der Waals surface area contributed by atoms with E-state index in [2.05, 4.69) is 4.90 Å². The average Bonchev–Trinajstić information content (AvgIpc) is 2.46. The SMILES string of the molecule is COc1cccc(F)c1C(C)N1CCOC(CN)C1. The second-order valence-electron chi connectivity index (χ2n) is 4.76. The first-order chi connectivity index (χ1) is 9.17. The Morgan fingerprint density at radius 1 is 1.58 bits per heavy atom. The minimum atomic E-state index is -0.234. The van der Waals surface area contributed by atoms with Crippen LogP contribution in [0.5, 0.6) is 5.75 Å². The molecule has 1 heterocycles. The van der Waals surface area contributed by atoms with E-state index < -0.39 is 0 Å². The molecule has 0 radical (unpaired) electrons. The molecular formula is C14H21FN2O2. The van der Waals surface area contributed by atoms with Crippen molar-refractivity contribution in [1.29, 1.82) is 0 Å². The van der Waals surface area contributed by atoms with Gasteiger partial charge in [0.2, 0.25) is 0 Å². The zero-order valence-corrected chi connectivity index (χ0v) is 11.4. The fourth-order valence-corrected chi connectivity index (χ4v) is 2.52. The first kappa shape index (κ1) is 14.2. The summed E-state index contributed by atoms with van der Waals surface area (Å²) in [7, 11) is 1.56. The summed E-state index contributed by atoms with van der Waals surface area (Å²) in [6.07, 6.45) is 0.0222. The van der Waals surface area contributed by atoms with Gasteiger partial charge in [-0.25, -0.2) is 4.39 Å². The molecule has 2 atom stereocenters. The van der Waals surface area contributed by atoms with E-state index in [0.717, 1.165) is 13.1 Å². The van der Waals surface area contributed by atoms with Crippen LogP contribution in [0.4, 0.5) is 4.39 Å². The van der Waals surface area contributed by atoms with Gasteiger partial charge in [0.25, 0.3) is 0 Å². The van der Waals surface area contributed by atoms with Crippen molar-refractivity contribution in [3.8, 4) is 5.75 Å². The van der Waals surface area contributed by atoms with Gasteiger partial charge in [-0.3, -0.25) is 4.90 Å². The fraction of sp³-hybridized carbons (Fsp3) is 0.571. The van der Waals surface area contributed by atoms with Crippen molar-refractivity contribution >= 4 is 0 Å². The van der Waals surface area contributed by atoms with Crippen molar-refractivity contribution in [2.75, 3.05) is 33.4 Å². The highest BCUT2D eigenvalue weighted by Crippen LogP contribution is 2.32. The summed E-state index contributed by atoms with van der Waals surface area (Å²) >= 11 is 0. The van der Waals surface area contributed by atoms with Gasteiger partial charge in [0.1, 0.15) is 11.6 Å². The molecule has 5 heteroatoms. The van der Waals surface area contributed by atoms with E-state index in [9.17, 15) is 4.39 Å². The topological polar surface area (TPSA) is 47.7 Å². The van der Waals surface area contributed by atoms with Crippen molar-refractivity contribution in [3.05, 3.63) is 29.6 Å². The molecule has 0 saturated carbocycles. The van der Waals surface area contributed by atoms with Gasteiger partial charge in [-0.2, -0.15) is 0 Å². The number of nitrogens with two attached hydrogens (primary N) is 1. The molecule has 1 aliphatic rings. The van der Waals surface area contributed by atoms with Gasteiger partial charge in [-0.15, -0.1) is 0 Å². The summed E-state index contributed by atoms with van der Waals surface area (Å²) in [5.74, 6) is 0.353. The van der Waals surface area contributed by atoms with E-state index in [0.29, 0.717) is 24.5 Å². The highest BCUT2D eigenvalue weighted by molar-refractivity contribution is 5.37. The maximum Gasteiger partial charge on any atom is 0.131 e. The molecule has 0 bridgehead atoms. The number of halogens is 1. The van der Waals surface area contributed by atoms with Crippen molar-refractivity contribution in [1.82, 2.24) is 4.90 Å². The number of hydrogen-bond acceptors (Lipinski definition) is 4. The molecule has 1 aromatic rings.